The van der Waals surface area contributed by atoms with Gasteiger partial charge in [0.05, 0.1) is 0 Å². The van der Waals surface area contributed by atoms with Crippen molar-refractivity contribution in [2.45, 2.75) is 81.9 Å². The number of hydroxylamine groups is 2. The molecule has 1 atom stereocenters. The minimum Gasteiger partial charge on any atom is -0.290 e. The van der Waals surface area contributed by atoms with Crippen molar-refractivity contribution in [3.05, 3.63) is 29.8 Å². The number of hydrogen-bond acceptors (Lipinski definition) is 3. The van der Waals surface area contributed by atoms with Gasteiger partial charge in [-0.05, 0) is 65.5 Å². The van der Waals surface area contributed by atoms with Crippen molar-refractivity contribution in [1.29, 1.82) is 0 Å². The van der Waals surface area contributed by atoms with Crippen molar-refractivity contribution in [2.24, 2.45) is 0 Å². The van der Waals surface area contributed by atoms with Crippen LogP contribution in [0.5, 0.6) is 0 Å². The van der Waals surface area contributed by atoms with Crippen molar-refractivity contribution in [3.8, 4) is 0 Å². The van der Waals surface area contributed by atoms with Gasteiger partial charge < -0.3 is 0 Å². The first-order chi connectivity index (χ1) is 10.2. The number of nitrogens with zero attached hydrogens (tertiary/aromatic N) is 1. The average molecular weight is 320 g/mol. The molecule has 2 aliphatic rings. The second kappa shape index (κ2) is 5.54. The Balaban J connectivity index is 1.82. The lowest BCUT2D eigenvalue weighted by Crippen LogP contribution is -2.61. The first-order valence-electron chi connectivity index (χ1n) is 8.42. The largest absolute Gasteiger partial charge is 0.290 e. The van der Waals surface area contributed by atoms with E-state index in [9.17, 15) is 0 Å². The van der Waals surface area contributed by atoms with Crippen molar-refractivity contribution in [2.75, 3.05) is 5.75 Å². The molecule has 1 fully saturated rings. The third-order valence-corrected chi connectivity index (χ3v) is 6.52. The molecule has 0 bridgehead atoms. The molecule has 2 aliphatic heterocycles. The molecule has 2 heterocycles. The third kappa shape index (κ3) is 3.08. The molecular formula is C19H29NOS. The van der Waals surface area contributed by atoms with Crippen molar-refractivity contribution < 1.29 is 4.84 Å². The number of hydrogen-bond donors (Lipinski definition) is 0. The molecule has 0 aromatic heterocycles. The highest BCUT2D eigenvalue weighted by molar-refractivity contribution is 7.99. The summed E-state index contributed by atoms with van der Waals surface area (Å²) in [7, 11) is 0. The van der Waals surface area contributed by atoms with Crippen LogP contribution in [-0.2, 0) is 11.3 Å². The molecule has 0 unspecified atom stereocenters. The highest BCUT2D eigenvalue weighted by Gasteiger charge is 2.46. The van der Waals surface area contributed by atoms with Gasteiger partial charge in [-0.25, -0.2) is 0 Å². The monoisotopic (exact) mass is 319 g/mol. The van der Waals surface area contributed by atoms with Crippen LogP contribution in [0.15, 0.2) is 29.2 Å². The Morgan fingerprint density at radius 2 is 1.64 bits per heavy atom. The first kappa shape index (κ1) is 16.4. The van der Waals surface area contributed by atoms with Crippen molar-refractivity contribution in [3.63, 3.8) is 0 Å². The Labute approximate surface area is 139 Å². The van der Waals surface area contributed by atoms with Gasteiger partial charge in [0, 0.05) is 28.1 Å². The van der Waals surface area contributed by atoms with Gasteiger partial charge in [0.2, 0.25) is 0 Å². The minimum absolute atomic E-state index is 0.104. The fourth-order valence-electron chi connectivity index (χ4n) is 3.98. The van der Waals surface area contributed by atoms with Crippen LogP contribution in [0.2, 0.25) is 0 Å². The maximum Gasteiger partial charge on any atom is 0.101 e. The zero-order valence-corrected chi connectivity index (χ0v) is 15.4. The molecule has 0 N–H and O–H groups in total. The van der Waals surface area contributed by atoms with Gasteiger partial charge in [0.25, 0.3) is 0 Å². The maximum atomic E-state index is 6.72. The summed E-state index contributed by atoms with van der Waals surface area (Å²) >= 11 is 1.93. The van der Waals surface area contributed by atoms with E-state index in [2.05, 4.69) is 63.9 Å². The van der Waals surface area contributed by atoms with Gasteiger partial charge in [-0.15, -0.1) is 11.8 Å². The Kier molecular flexibility index (Phi) is 4.12. The second-order valence-corrected chi connectivity index (χ2v) is 9.40. The molecule has 1 aromatic rings. The van der Waals surface area contributed by atoms with Crippen LogP contribution in [0.3, 0.4) is 0 Å². The molecule has 1 saturated heterocycles. The summed E-state index contributed by atoms with van der Waals surface area (Å²) in [5.41, 5.74) is 1.51. The van der Waals surface area contributed by atoms with Crippen LogP contribution in [0.1, 0.15) is 59.4 Å². The minimum atomic E-state index is -0.120. The summed E-state index contributed by atoms with van der Waals surface area (Å²) in [5.74, 6) is 1.02. The highest BCUT2D eigenvalue weighted by Crippen LogP contribution is 2.43. The SMILES string of the molecule is CC1(C)CCCC(C)(C)N1O[C@]1(C)CSc2ccccc2C1. The highest BCUT2D eigenvalue weighted by atomic mass is 32.2. The van der Waals surface area contributed by atoms with E-state index in [0.29, 0.717) is 0 Å². The van der Waals surface area contributed by atoms with E-state index in [1.807, 2.05) is 11.8 Å². The lowest BCUT2D eigenvalue weighted by molar-refractivity contribution is -0.327. The Bertz CT molecular complexity index is 538. The van der Waals surface area contributed by atoms with Gasteiger partial charge in [0.15, 0.2) is 0 Å². The number of rotatable bonds is 2. The van der Waals surface area contributed by atoms with E-state index in [-0.39, 0.29) is 16.7 Å². The van der Waals surface area contributed by atoms with Gasteiger partial charge >= 0.3 is 0 Å². The molecule has 2 nitrogen and oxygen atoms in total. The first-order valence-corrected chi connectivity index (χ1v) is 9.41. The smallest absolute Gasteiger partial charge is 0.101 e. The molecule has 122 valence electrons. The Hall–Kier alpha value is -0.510. The quantitative estimate of drug-likeness (QED) is 0.755. The number of piperidine rings is 1. The van der Waals surface area contributed by atoms with E-state index in [1.54, 1.807) is 0 Å². The van der Waals surface area contributed by atoms with Crippen LogP contribution < -0.4 is 0 Å². The summed E-state index contributed by atoms with van der Waals surface area (Å²) in [4.78, 5) is 8.14. The molecule has 0 amide bonds. The summed E-state index contributed by atoms with van der Waals surface area (Å²) < 4.78 is 0. The van der Waals surface area contributed by atoms with E-state index < -0.39 is 0 Å². The zero-order valence-electron chi connectivity index (χ0n) is 14.6. The van der Waals surface area contributed by atoms with E-state index in [1.165, 1.54) is 29.7 Å². The number of fused-ring (bicyclic) bond motifs is 1. The van der Waals surface area contributed by atoms with Crippen LogP contribution in [0.25, 0.3) is 0 Å². The molecule has 0 spiro atoms. The molecule has 3 heteroatoms. The molecule has 0 aliphatic carbocycles. The molecule has 3 rings (SSSR count). The molecule has 0 radical (unpaired) electrons. The molecular weight excluding hydrogens is 290 g/mol. The predicted octanol–water partition coefficient (Wildman–Crippen LogP) is 5.07. The second-order valence-electron chi connectivity index (χ2n) is 8.39. The van der Waals surface area contributed by atoms with Gasteiger partial charge in [0.1, 0.15) is 5.60 Å². The lowest BCUT2D eigenvalue weighted by atomic mass is 9.82. The van der Waals surface area contributed by atoms with Gasteiger partial charge in [-0.1, -0.05) is 18.2 Å². The zero-order chi connectivity index (χ0) is 16.0. The normalized spacial score (nSPS) is 30.8. The summed E-state index contributed by atoms with van der Waals surface area (Å²) in [5, 5.41) is 2.32. The summed E-state index contributed by atoms with van der Waals surface area (Å²) in [6, 6.07) is 8.75. The van der Waals surface area contributed by atoms with Crippen LogP contribution in [-0.4, -0.2) is 27.5 Å². The van der Waals surface area contributed by atoms with E-state index >= 15 is 0 Å². The Morgan fingerprint density at radius 1 is 1.00 bits per heavy atom. The predicted molar refractivity (Wildman–Crippen MR) is 94.2 cm³/mol. The Morgan fingerprint density at radius 3 is 2.32 bits per heavy atom. The molecule has 22 heavy (non-hydrogen) atoms. The maximum absolute atomic E-state index is 6.72. The fraction of sp³-hybridized carbons (Fsp3) is 0.684. The van der Waals surface area contributed by atoms with Crippen LogP contribution in [0.4, 0.5) is 0 Å². The fourth-order valence-corrected chi connectivity index (χ4v) is 5.09. The molecule has 0 saturated carbocycles. The van der Waals surface area contributed by atoms with E-state index in [0.717, 1.165) is 12.2 Å². The number of benzene rings is 1. The van der Waals surface area contributed by atoms with Crippen molar-refractivity contribution >= 4 is 11.8 Å². The summed E-state index contributed by atoms with van der Waals surface area (Å²) in [6.07, 6.45) is 4.69. The van der Waals surface area contributed by atoms with Crippen molar-refractivity contribution in [1.82, 2.24) is 5.06 Å². The van der Waals surface area contributed by atoms with Crippen LogP contribution >= 0.6 is 11.8 Å². The molecule has 1 aromatic carbocycles. The van der Waals surface area contributed by atoms with E-state index in [4.69, 9.17) is 4.84 Å². The topological polar surface area (TPSA) is 12.5 Å². The van der Waals surface area contributed by atoms with Gasteiger partial charge in [-0.3, -0.25) is 4.84 Å². The number of thioether (sulfide) groups is 1. The standard InChI is InChI=1S/C19H29NOS/c1-17(2)11-8-12-18(3,4)20(17)21-19(5)13-15-9-6-7-10-16(15)22-14-19/h6-7,9-10H,8,11-14H2,1-5H3/t19-/m0/s1. The van der Waals surface area contributed by atoms with Crippen LogP contribution in [0, 0.1) is 0 Å². The summed E-state index contributed by atoms with van der Waals surface area (Å²) in [6.45, 7) is 11.6. The lowest BCUT2D eigenvalue weighted by Gasteiger charge is -2.54. The third-order valence-electron chi connectivity index (χ3n) is 5.06. The average Bonchev–Trinajstić information content (AvgIpc) is 2.43. The van der Waals surface area contributed by atoms with Gasteiger partial charge in [-0.2, -0.15) is 5.06 Å².